The Balaban J connectivity index is 0.00000400. The van der Waals surface area contributed by atoms with Crippen LogP contribution >= 0.6 is 24.0 Å². The second-order valence-electron chi connectivity index (χ2n) is 6.37. The summed E-state index contributed by atoms with van der Waals surface area (Å²) < 4.78 is 0. The number of piperidine rings is 1. The topological polar surface area (TPSA) is 47.9 Å². The summed E-state index contributed by atoms with van der Waals surface area (Å²) >= 11 is 0. The van der Waals surface area contributed by atoms with E-state index in [4.69, 9.17) is 0 Å². The molecule has 5 nitrogen and oxygen atoms in total. The molecule has 0 spiro atoms. The molecule has 1 fully saturated rings. The lowest BCUT2D eigenvalue weighted by molar-refractivity contribution is -0.127. The molecule has 1 heterocycles. The van der Waals surface area contributed by atoms with Gasteiger partial charge in [-0.3, -0.25) is 4.79 Å². The van der Waals surface area contributed by atoms with Gasteiger partial charge in [0.2, 0.25) is 5.91 Å². The molecule has 1 rings (SSSR count). The highest BCUT2D eigenvalue weighted by atomic mass is 127. The lowest BCUT2D eigenvalue weighted by Gasteiger charge is -2.33. The molecule has 0 atom stereocenters. The van der Waals surface area contributed by atoms with Crippen molar-refractivity contribution < 1.29 is 4.79 Å². The fourth-order valence-corrected chi connectivity index (χ4v) is 2.07. The molecule has 1 aliphatic heterocycles. The summed E-state index contributed by atoms with van der Waals surface area (Å²) in [6.07, 6.45) is 2.40. The normalized spacial score (nSPS) is 16.7. The third-order valence-corrected chi connectivity index (χ3v) is 3.61. The van der Waals surface area contributed by atoms with Gasteiger partial charge in [0.1, 0.15) is 6.54 Å². The van der Waals surface area contributed by atoms with E-state index in [0.717, 1.165) is 31.5 Å². The van der Waals surface area contributed by atoms with Crippen molar-refractivity contribution in [1.82, 2.24) is 15.1 Å². The molecule has 6 heteroatoms. The van der Waals surface area contributed by atoms with Crippen molar-refractivity contribution in [1.29, 1.82) is 0 Å². The SMILES string of the molecule is CC(C)CNC(=NCC(=O)N(C)C)N1CCC(C)CC1.I. The summed E-state index contributed by atoms with van der Waals surface area (Å²) in [5.74, 6) is 2.29. The molecular formula is C15H31IN4O. The molecule has 0 aromatic heterocycles. The van der Waals surface area contributed by atoms with Crippen LogP contribution in [0.4, 0.5) is 0 Å². The molecule has 1 aliphatic rings. The van der Waals surface area contributed by atoms with Crippen LogP contribution in [-0.2, 0) is 4.79 Å². The van der Waals surface area contributed by atoms with Crippen LogP contribution in [0.2, 0.25) is 0 Å². The van der Waals surface area contributed by atoms with Gasteiger partial charge in [-0.1, -0.05) is 20.8 Å². The minimum Gasteiger partial charge on any atom is -0.356 e. The zero-order valence-corrected chi connectivity index (χ0v) is 16.4. The van der Waals surface area contributed by atoms with Gasteiger partial charge >= 0.3 is 0 Å². The molecule has 0 aromatic rings. The number of nitrogens with zero attached hydrogens (tertiary/aromatic N) is 3. The standard InChI is InChI=1S/C15H30N4O.HI/c1-12(2)10-16-15(17-11-14(20)18(4)5)19-8-6-13(3)7-9-19;/h12-13H,6-11H2,1-5H3,(H,16,17);1H. The third kappa shape index (κ3) is 7.87. The monoisotopic (exact) mass is 410 g/mol. The highest BCUT2D eigenvalue weighted by Crippen LogP contribution is 2.16. The van der Waals surface area contributed by atoms with Crippen molar-refractivity contribution in [3.63, 3.8) is 0 Å². The maximum Gasteiger partial charge on any atom is 0.243 e. The highest BCUT2D eigenvalue weighted by Gasteiger charge is 2.19. The molecule has 0 saturated carbocycles. The van der Waals surface area contributed by atoms with Crippen molar-refractivity contribution in [2.24, 2.45) is 16.8 Å². The van der Waals surface area contributed by atoms with E-state index in [0.29, 0.717) is 5.92 Å². The first-order valence-electron chi connectivity index (χ1n) is 7.63. The van der Waals surface area contributed by atoms with Crippen molar-refractivity contribution in [2.75, 3.05) is 40.3 Å². The Morgan fingerprint density at radius 2 is 1.90 bits per heavy atom. The van der Waals surface area contributed by atoms with E-state index < -0.39 is 0 Å². The van der Waals surface area contributed by atoms with E-state index in [2.05, 4.69) is 36.0 Å². The van der Waals surface area contributed by atoms with Gasteiger partial charge in [-0.15, -0.1) is 24.0 Å². The molecule has 0 aliphatic carbocycles. The van der Waals surface area contributed by atoms with Gasteiger partial charge in [0.25, 0.3) is 0 Å². The van der Waals surface area contributed by atoms with Gasteiger partial charge in [-0.25, -0.2) is 4.99 Å². The van der Waals surface area contributed by atoms with Gasteiger partial charge in [0, 0.05) is 33.7 Å². The Kier molecular flexibility index (Phi) is 9.98. The minimum atomic E-state index is 0. The van der Waals surface area contributed by atoms with Crippen molar-refractivity contribution >= 4 is 35.8 Å². The third-order valence-electron chi connectivity index (χ3n) is 3.61. The first kappa shape index (κ1) is 20.5. The first-order valence-corrected chi connectivity index (χ1v) is 7.63. The largest absolute Gasteiger partial charge is 0.356 e. The fraction of sp³-hybridized carbons (Fsp3) is 0.867. The smallest absolute Gasteiger partial charge is 0.243 e. The summed E-state index contributed by atoms with van der Waals surface area (Å²) in [6.45, 7) is 9.82. The van der Waals surface area contributed by atoms with E-state index in [1.54, 1.807) is 19.0 Å². The van der Waals surface area contributed by atoms with Crippen molar-refractivity contribution in [3.8, 4) is 0 Å². The Morgan fingerprint density at radius 1 is 1.33 bits per heavy atom. The van der Waals surface area contributed by atoms with E-state index in [1.807, 2.05) is 0 Å². The summed E-state index contributed by atoms with van der Waals surface area (Å²) in [5.41, 5.74) is 0. The molecule has 0 radical (unpaired) electrons. The number of amides is 1. The Morgan fingerprint density at radius 3 is 2.38 bits per heavy atom. The number of guanidine groups is 1. The molecule has 21 heavy (non-hydrogen) atoms. The molecular weight excluding hydrogens is 379 g/mol. The molecule has 1 amide bonds. The van der Waals surface area contributed by atoms with Crippen LogP contribution in [0.3, 0.4) is 0 Å². The average molecular weight is 410 g/mol. The fourth-order valence-electron chi connectivity index (χ4n) is 2.07. The second kappa shape index (κ2) is 10.2. The molecule has 0 unspecified atom stereocenters. The Bertz CT molecular complexity index is 337. The predicted molar refractivity (Wildman–Crippen MR) is 99.2 cm³/mol. The van der Waals surface area contributed by atoms with E-state index >= 15 is 0 Å². The van der Waals surface area contributed by atoms with Gasteiger partial charge < -0.3 is 15.1 Å². The van der Waals surface area contributed by atoms with E-state index in [9.17, 15) is 4.79 Å². The second-order valence-corrected chi connectivity index (χ2v) is 6.37. The number of carbonyl (C=O) groups is 1. The van der Waals surface area contributed by atoms with Crippen LogP contribution in [-0.4, -0.2) is 61.9 Å². The quantitative estimate of drug-likeness (QED) is 0.438. The minimum absolute atomic E-state index is 0. The zero-order valence-electron chi connectivity index (χ0n) is 14.1. The summed E-state index contributed by atoms with van der Waals surface area (Å²) in [4.78, 5) is 20.1. The van der Waals surface area contributed by atoms with Crippen LogP contribution in [0.5, 0.6) is 0 Å². The number of likely N-dealkylation sites (N-methyl/N-ethyl adjacent to an activating group) is 1. The average Bonchev–Trinajstić information content (AvgIpc) is 2.39. The van der Waals surface area contributed by atoms with E-state index in [1.165, 1.54) is 12.8 Å². The zero-order chi connectivity index (χ0) is 15.1. The van der Waals surface area contributed by atoms with Crippen LogP contribution in [0.15, 0.2) is 4.99 Å². The predicted octanol–water partition coefficient (Wildman–Crippen LogP) is 2.03. The molecule has 1 saturated heterocycles. The maximum atomic E-state index is 11.7. The number of aliphatic imine (C=N–C) groups is 1. The molecule has 0 bridgehead atoms. The van der Waals surface area contributed by atoms with Crippen LogP contribution in [0.25, 0.3) is 0 Å². The first-order chi connectivity index (χ1) is 9.40. The highest BCUT2D eigenvalue weighted by molar-refractivity contribution is 14.0. The lowest BCUT2D eigenvalue weighted by Crippen LogP contribution is -2.46. The summed E-state index contributed by atoms with van der Waals surface area (Å²) in [6, 6.07) is 0. The Hall–Kier alpha value is -0.530. The Labute approximate surface area is 146 Å². The van der Waals surface area contributed by atoms with E-state index in [-0.39, 0.29) is 36.4 Å². The van der Waals surface area contributed by atoms with Gasteiger partial charge in [0.05, 0.1) is 0 Å². The van der Waals surface area contributed by atoms with Crippen LogP contribution in [0, 0.1) is 11.8 Å². The van der Waals surface area contributed by atoms with Gasteiger partial charge in [-0.2, -0.15) is 0 Å². The number of halogens is 1. The number of hydrogen-bond donors (Lipinski definition) is 1. The molecule has 0 aromatic carbocycles. The summed E-state index contributed by atoms with van der Waals surface area (Å²) in [7, 11) is 3.53. The molecule has 1 N–H and O–H groups in total. The number of hydrogen-bond acceptors (Lipinski definition) is 2. The van der Waals surface area contributed by atoms with Gasteiger partial charge in [0.15, 0.2) is 5.96 Å². The number of carbonyl (C=O) groups excluding carboxylic acids is 1. The number of nitrogens with one attached hydrogen (secondary N) is 1. The summed E-state index contributed by atoms with van der Waals surface area (Å²) in [5, 5.41) is 3.40. The van der Waals surface area contributed by atoms with Crippen molar-refractivity contribution in [2.45, 2.75) is 33.6 Å². The van der Waals surface area contributed by atoms with Gasteiger partial charge in [-0.05, 0) is 24.7 Å². The van der Waals surface area contributed by atoms with Crippen LogP contribution in [0.1, 0.15) is 33.6 Å². The number of likely N-dealkylation sites (tertiary alicyclic amines) is 1. The lowest BCUT2D eigenvalue weighted by atomic mass is 9.99. The number of rotatable bonds is 4. The van der Waals surface area contributed by atoms with Crippen molar-refractivity contribution in [3.05, 3.63) is 0 Å². The van der Waals surface area contributed by atoms with Crippen LogP contribution < -0.4 is 5.32 Å². The maximum absolute atomic E-state index is 11.7. The molecule has 124 valence electrons.